The number of fused-ring (bicyclic) bond motifs is 1. The summed E-state index contributed by atoms with van der Waals surface area (Å²) in [5, 5.41) is 10.6. The first kappa shape index (κ1) is 21.7. The monoisotopic (exact) mass is 483 g/mol. The number of alkyl halides is 3. The van der Waals surface area contributed by atoms with Crippen LogP contribution in [0.5, 0.6) is 0 Å². The van der Waals surface area contributed by atoms with Gasteiger partial charge in [-0.25, -0.2) is 9.78 Å². The van der Waals surface area contributed by atoms with Crippen molar-refractivity contribution in [1.82, 2.24) is 4.98 Å². The van der Waals surface area contributed by atoms with E-state index in [9.17, 15) is 18.0 Å². The lowest BCUT2D eigenvalue weighted by molar-refractivity contribution is -0.137. The summed E-state index contributed by atoms with van der Waals surface area (Å²) < 4.78 is 38.4. The Bertz CT molecular complexity index is 1100. The number of carbonyl (C=O) groups is 1. The summed E-state index contributed by atoms with van der Waals surface area (Å²) in [6, 6.07) is 5.84. The van der Waals surface area contributed by atoms with Crippen LogP contribution in [0.25, 0.3) is 0 Å². The summed E-state index contributed by atoms with van der Waals surface area (Å²) in [4.78, 5) is 22.9. The molecule has 1 atom stereocenters. The molecular formula is C19H16F3N5OS3. The molecule has 0 bridgehead atoms. The lowest BCUT2D eigenvalue weighted by Crippen LogP contribution is -2.19. The molecule has 1 unspecified atom stereocenters. The molecule has 162 valence electrons. The van der Waals surface area contributed by atoms with Gasteiger partial charge >= 0.3 is 12.2 Å². The van der Waals surface area contributed by atoms with Crippen molar-refractivity contribution in [2.24, 2.45) is 4.99 Å². The number of thioether (sulfide) groups is 1. The number of halogens is 3. The molecule has 2 aromatic heterocycles. The van der Waals surface area contributed by atoms with Crippen LogP contribution >= 0.6 is 34.4 Å². The standard InChI is InChI=1S/C19H16F3N5OS3/c20-19(21,22)11-2-1-3-12(8-11)26-17(28)27-18-23-9-13(31-18)4-6-30-16-15-14(5-7-29-15)24-10-25-16/h1-3,5,7-10,16H,4,6H2,(H,24,25)(H2,23,26,27,28). The molecule has 12 heteroatoms. The number of rotatable bonds is 6. The van der Waals surface area contributed by atoms with Crippen LogP contribution < -0.4 is 16.0 Å². The van der Waals surface area contributed by atoms with Crippen molar-refractivity contribution >= 4 is 63.3 Å². The van der Waals surface area contributed by atoms with Crippen LogP contribution in [0.2, 0.25) is 0 Å². The van der Waals surface area contributed by atoms with Crippen molar-refractivity contribution in [3.05, 3.63) is 57.2 Å². The highest BCUT2D eigenvalue weighted by Crippen LogP contribution is 2.40. The summed E-state index contributed by atoms with van der Waals surface area (Å²) in [6.07, 6.45) is -0.307. The number of thiazole rings is 1. The van der Waals surface area contributed by atoms with Crippen molar-refractivity contribution in [1.29, 1.82) is 0 Å². The minimum Gasteiger partial charge on any atom is -0.346 e. The molecule has 3 aromatic rings. The van der Waals surface area contributed by atoms with Gasteiger partial charge in [-0.05, 0) is 36.1 Å². The Morgan fingerprint density at radius 3 is 2.97 bits per heavy atom. The number of anilines is 3. The molecule has 0 fully saturated rings. The van der Waals surface area contributed by atoms with Gasteiger partial charge in [0.25, 0.3) is 0 Å². The zero-order chi connectivity index (χ0) is 21.8. The van der Waals surface area contributed by atoms with Crippen LogP contribution in [0.15, 0.2) is 46.9 Å². The predicted molar refractivity (Wildman–Crippen MR) is 122 cm³/mol. The quantitative estimate of drug-likeness (QED) is 0.385. The summed E-state index contributed by atoms with van der Waals surface area (Å²) in [7, 11) is 0. The van der Waals surface area contributed by atoms with Crippen LogP contribution in [-0.4, -0.2) is 23.1 Å². The number of benzene rings is 1. The Kier molecular flexibility index (Phi) is 6.49. The van der Waals surface area contributed by atoms with Crippen LogP contribution in [0.4, 0.5) is 34.5 Å². The van der Waals surface area contributed by atoms with Crippen LogP contribution in [0.1, 0.15) is 20.7 Å². The van der Waals surface area contributed by atoms with Gasteiger partial charge in [0.2, 0.25) is 0 Å². The fourth-order valence-electron chi connectivity index (χ4n) is 2.78. The third-order valence-electron chi connectivity index (χ3n) is 4.20. The average Bonchev–Trinajstić information content (AvgIpc) is 3.37. The number of aryl methyl sites for hydroxylation is 1. The van der Waals surface area contributed by atoms with Gasteiger partial charge in [-0.3, -0.25) is 10.3 Å². The predicted octanol–water partition coefficient (Wildman–Crippen LogP) is 6.30. The molecule has 0 saturated heterocycles. The molecule has 6 nitrogen and oxygen atoms in total. The molecular weight excluding hydrogens is 467 g/mol. The van der Waals surface area contributed by atoms with Crippen LogP contribution in [0.3, 0.4) is 0 Å². The van der Waals surface area contributed by atoms with E-state index in [0.717, 1.165) is 34.9 Å². The fraction of sp³-hybridized carbons (Fsp3) is 0.211. The number of thiophene rings is 1. The summed E-state index contributed by atoms with van der Waals surface area (Å²) in [5.74, 6) is 0.831. The molecule has 1 aliphatic rings. The number of amides is 2. The fourth-order valence-corrected chi connectivity index (χ4v) is 5.85. The average molecular weight is 484 g/mol. The Labute approximate surface area is 188 Å². The van der Waals surface area contributed by atoms with Gasteiger partial charge in [0, 0.05) is 22.5 Å². The maximum Gasteiger partial charge on any atom is 0.416 e. The lowest BCUT2D eigenvalue weighted by Gasteiger charge is -2.16. The topological polar surface area (TPSA) is 78.4 Å². The van der Waals surface area contributed by atoms with E-state index in [1.165, 1.54) is 28.3 Å². The highest BCUT2D eigenvalue weighted by atomic mass is 32.2. The first-order valence-electron chi connectivity index (χ1n) is 9.05. The van der Waals surface area contributed by atoms with Gasteiger partial charge in [-0.15, -0.1) is 34.4 Å². The zero-order valence-electron chi connectivity index (χ0n) is 15.8. The molecule has 0 saturated carbocycles. The number of carbonyl (C=O) groups excluding carboxylic acids is 1. The molecule has 0 aliphatic carbocycles. The summed E-state index contributed by atoms with van der Waals surface area (Å²) >= 11 is 4.73. The maximum atomic E-state index is 12.8. The number of urea groups is 1. The molecule has 1 aromatic carbocycles. The smallest absolute Gasteiger partial charge is 0.346 e. The third kappa shape index (κ3) is 5.57. The number of hydrogen-bond acceptors (Lipinski definition) is 7. The summed E-state index contributed by atoms with van der Waals surface area (Å²) in [5.41, 5.74) is 0.316. The molecule has 0 radical (unpaired) electrons. The first-order valence-corrected chi connectivity index (χ1v) is 11.8. The molecule has 31 heavy (non-hydrogen) atoms. The minimum atomic E-state index is -4.47. The van der Waals surface area contributed by atoms with Gasteiger partial charge in [-0.2, -0.15) is 13.2 Å². The Balaban J connectivity index is 1.27. The number of aliphatic imine (C=N–C) groups is 1. The van der Waals surface area contributed by atoms with Crippen molar-refractivity contribution < 1.29 is 18.0 Å². The normalized spacial score (nSPS) is 15.3. The van der Waals surface area contributed by atoms with E-state index < -0.39 is 17.8 Å². The number of aromatic nitrogens is 1. The van der Waals surface area contributed by atoms with Gasteiger partial charge in [-0.1, -0.05) is 6.07 Å². The second kappa shape index (κ2) is 9.28. The van der Waals surface area contributed by atoms with E-state index in [2.05, 4.69) is 25.9 Å². The second-order valence-corrected chi connectivity index (χ2v) is 9.63. The zero-order valence-corrected chi connectivity index (χ0v) is 18.2. The van der Waals surface area contributed by atoms with E-state index >= 15 is 0 Å². The van der Waals surface area contributed by atoms with Gasteiger partial charge in [0.15, 0.2) is 5.13 Å². The van der Waals surface area contributed by atoms with Crippen LogP contribution in [-0.2, 0) is 12.6 Å². The second-order valence-electron chi connectivity index (χ2n) is 6.38. The van der Waals surface area contributed by atoms with Crippen LogP contribution in [0, 0.1) is 0 Å². The molecule has 4 rings (SSSR count). The van der Waals surface area contributed by atoms with Gasteiger partial charge < -0.3 is 10.6 Å². The number of nitrogens with zero attached hydrogens (tertiary/aromatic N) is 2. The third-order valence-corrected chi connectivity index (χ3v) is 7.40. The van der Waals surface area contributed by atoms with E-state index in [4.69, 9.17) is 0 Å². The molecule has 2 amide bonds. The number of nitrogens with one attached hydrogen (secondary N) is 3. The highest BCUT2D eigenvalue weighted by molar-refractivity contribution is 7.99. The molecule has 3 heterocycles. The minimum absolute atomic E-state index is 0.0518. The van der Waals surface area contributed by atoms with Gasteiger partial charge in [0.1, 0.15) is 5.37 Å². The largest absolute Gasteiger partial charge is 0.416 e. The first-order chi connectivity index (χ1) is 14.9. The number of hydrogen-bond donors (Lipinski definition) is 3. The van der Waals surface area contributed by atoms with E-state index in [1.54, 1.807) is 35.6 Å². The van der Waals surface area contributed by atoms with Crippen molar-refractivity contribution in [2.45, 2.75) is 18.0 Å². The van der Waals surface area contributed by atoms with Crippen molar-refractivity contribution in [3.63, 3.8) is 0 Å². The highest BCUT2D eigenvalue weighted by Gasteiger charge is 2.30. The van der Waals surface area contributed by atoms with Gasteiger partial charge in [0.05, 0.1) is 22.5 Å². The Morgan fingerprint density at radius 1 is 1.26 bits per heavy atom. The summed E-state index contributed by atoms with van der Waals surface area (Å²) in [6.45, 7) is 0. The molecule has 3 N–H and O–H groups in total. The Hall–Kier alpha value is -2.57. The van der Waals surface area contributed by atoms with E-state index in [1.807, 2.05) is 11.4 Å². The Morgan fingerprint density at radius 2 is 2.13 bits per heavy atom. The van der Waals surface area contributed by atoms with E-state index in [-0.39, 0.29) is 11.1 Å². The maximum absolute atomic E-state index is 12.8. The SMILES string of the molecule is O=C(Nc1cccc(C(F)(F)F)c1)Nc1ncc(CCSC2N=CNc3ccsc32)s1. The van der Waals surface area contributed by atoms with Crippen molar-refractivity contribution in [3.8, 4) is 0 Å². The molecule has 1 aliphatic heterocycles. The molecule has 0 spiro atoms. The lowest BCUT2D eigenvalue weighted by atomic mass is 10.2. The van der Waals surface area contributed by atoms with Crippen molar-refractivity contribution in [2.75, 3.05) is 21.7 Å². The van der Waals surface area contributed by atoms with E-state index in [0.29, 0.717) is 5.13 Å².